The highest BCUT2D eigenvalue weighted by Crippen LogP contribution is 2.41. The number of hydrogen-bond donors (Lipinski definition) is 0. The summed E-state index contributed by atoms with van der Waals surface area (Å²) >= 11 is 1.88. The second kappa shape index (κ2) is 5.11. The van der Waals surface area contributed by atoms with Crippen LogP contribution in [0.2, 0.25) is 0 Å². The van der Waals surface area contributed by atoms with Gasteiger partial charge >= 0.3 is 0 Å². The van der Waals surface area contributed by atoms with Gasteiger partial charge < -0.3 is 9.47 Å². The van der Waals surface area contributed by atoms with Crippen molar-refractivity contribution < 1.29 is 9.47 Å². The molecule has 2 aromatic rings. The number of fused-ring (bicyclic) bond motifs is 2. The number of ether oxygens (including phenoxy) is 2. The third-order valence-electron chi connectivity index (χ3n) is 3.64. The molecule has 2 aromatic carbocycles. The van der Waals surface area contributed by atoms with Crippen molar-refractivity contribution in [3.8, 4) is 11.5 Å². The molecule has 1 atom stereocenters. The highest BCUT2D eigenvalue weighted by Gasteiger charge is 2.24. The molecule has 0 saturated heterocycles. The minimum atomic E-state index is 0.292. The Kier molecular flexibility index (Phi) is 3.11. The van der Waals surface area contributed by atoms with Gasteiger partial charge in [0, 0.05) is 22.1 Å². The highest BCUT2D eigenvalue weighted by atomic mass is 32.2. The van der Waals surface area contributed by atoms with E-state index in [0.717, 1.165) is 34.9 Å². The summed E-state index contributed by atoms with van der Waals surface area (Å²) in [5.74, 6) is 1.64. The van der Waals surface area contributed by atoms with E-state index in [1.165, 1.54) is 4.90 Å². The number of thioether (sulfide) groups is 1. The van der Waals surface area contributed by atoms with E-state index >= 15 is 0 Å². The van der Waals surface area contributed by atoms with Crippen molar-refractivity contribution in [1.82, 2.24) is 0 Å². The van der Waals surface area contributed by atoms with Gasteiger partial charge in [-0.3, -0.25) is 4.99 Å². The van der Waals surface area contributed by atoms with Gasteiger partial charge in [0.25, 0.3) is 0 Å². The highest BCUT2D eigenvalue weighted by molar-refractivity contribution is 8.00. The minimum absolute atomic E-state index is 0.292. The van der Waals surface area contributed by atoms with Crippen LogP contribution in [0.1, 0.15) is 18.9 Å². The van der Waals surface area contributed by atoms with Gasteiger partial charge in [0.1, 0.15) is 0 Å². The molecule has 2 heterocycles. The Morgan fingerprint density at radius 3 is 2.95 bits per heavy atom. The van der Waals surface area contributed by atoms with Crippen molar-refractivity contribution in [1.29, 1.82) is 0 Å². The van der Waals surface area contributed by atoms with Gasteiger partial charge in [-0.25, -0.2) is 0 Å². The molecule has 0 amide bonds. The quantitative estimate of drug-likeness (QED) is 0.780. The lowest BCUT2D eigenvalue weighted by atomic mass is 10.0. The fraction of sp³-hybridized carbons (Fsp3) is 0.235. The van der Waals surface area contributed by atoms with Crippen molar-refractivity contribution in [2.45, 2.75) is 23.5 Å². The number of benzene rings is 2. The molecule has 0 bridgehead atoms. The number of hydrogen-bond acceptors (Lipinski definition) is 4. The predicted octanol–water partition coefficient (Wildman–Crippen LogP) is 4.42. The first-order valence-electron chi connectivity index (χ1n) is 7.03. The van der Waals surface area contributed by atoms with E-state index in [1.54, 1.807) is 0 Å². The fourth-order valence-electron chi connectivity index (χ4n) is 2.70. The molecule has 0 N–H and O–H groups in total. The standard InChI is InChI=1S/C17H15NO2S/c1-11-9-14(18-13-6-2-3-8-16(13)21-11)12-5-4-7-15-17(12)20-10-19-15/h2-8,11H,9-10H2,1H3/t11-/m0/s1. The summed E-state index contributed by atoms with van der Waals surface area (Å²) in [4.78, 5) is 6.14. The second-order valence-corrected chi connectivity index (χ2v) is 6.68. The summed E-state index contributed by atoms with van der Waals surface area (Å²) in [6.45, 7) is 2.53. The molecule has 2 aliphatic rings. The summed E-state index contributed by atoms with van der Waals surface area (Å²) in [5, 5.41) is 0.477. The summed E-state index contributed by atoms with van der Waals surface area (Å²) in [6, 6.07) is 14.3. The first kappa shape index (κ1) is 12.8. The zero-order chi connectivity index (χ0) is 14.2. The van der Waals surface area contributed by atoms with Gasteiger partial charge in [-0.05, 0) is 24.3 Å². The number of nitrogens with zero attached hydrogens (tertiary/aromatic N) is 1. The molecule has 0 unspecified atom stereocenters. The van der Waals surface area contributed by atoms with Gasteiger partial charge in [-0.2, -0.15) is 0 Å². The van der Waals surface area contributed by atoms with Crippen molar-refractivity contribution in [2.24, 2.45) is 4.99 Å². The third-order valence-corrected chi connectivity index (χ3v) is 4.81. The number of aliphatic imine (C=N–C) groups is 1. The summed E-state index contributed by atoms with van der Waals surface area (Å²) < 4.78 is 11.1. The molecule has 0 fully saturated rings. The van der Waals surface area contributed by atoms with Crippen molar-refractivity contribution in [2.75, 3.05) is 6.79 Å². The van der Waals surface area contributed by atoms with Gasteiger partial charge in [0.2, 0.25) is 6.79 Å². The molecule has 0 spiro atoms. The average molecular weight is 297 g/mol. The number of para-hydroxylation sites is 2. The number of rotatable bonds is 1. The van der Waals surface area contributed by atoms with Crippen LogP contribution in [0.25, 0.3) is 0 Å². The maximum Gasteiger partial charge on any atom is 0.231 e. The van der Waals surface area contributed by atoms with Crippen LogP contribution in [0, 0.1) is 0 Å². The lowest BCUT2D eigenvalue weighted by Gasteiger charge is -2.11. The van der Waals surface area contributed by atoms with E-state index < -0.39 is 0 Å². The second-order valence-electron chi connectivity index (χ2n) is 5.20. The molecule has 2 aliphatic heterocycles. The largest absolute Gasteiger partial charge is 0.454 e. The first-order valence-corrected chi connectivity index (χ1v) is 7.91. The Morgan fingerprint density at radius 1 is 1.10 bits per heavy atom. The lowest BCUT2D eigenvalue weighted by molar-refractivity contribution is 0.174. The van der Waals surface area contributed by atoms with Crippen molar-refractivity contribution >= 4 is 23.2 Å². The molecule has 0 radical (unpaired) electrons. The van der Waals surface area contributed by atoms with Crippen LogP contribution in [0.5, 0.6) is 11.5 Å². The Hall–Kier alpha value is -1.94. The fourth-order valence-corrected chi connectivity index (χ4v) is 3.76. The third kappa shape index (κ3) is 2.29. The van der Waals surface area contributed by atoms with E-state index in [9.17, 15) is 0 Å². The Balaban J connectivity index is 1.85. The SMILES string of the molecule is C[C@H]1CC(c2cccc3c2OCO3)=Nc2ccccc2S1. The summed E-state index contributed by atoms with van der Waals surface area (Å²) in [7, 11) is 0. The van der Waals surface area contributed by atoms with E-state index in [-0.39, 0.29) is 0 Å². The van der Waals surface area contributed by atoms with E-state index in [1.807, 2.05) is 30.0 Å². The molecular weight excluding hydrogens is 282 g/mol. The van der Waals surface area contributed by atoms with Crippen LogP contribution < -0.4 is 9.47 Å². The molecule has 106 valence electrons. The van der Waals surface area contributed by atoms with Crippen molar-refractivity contribution in [3.63, 3.8) is 0 Å². The van der Waals surface area contributed by atoms with Gasteiger partial charge in [0.15, 0.2) is 11.5 Å². The van der Waals surface area contributed by atoms with Crippen LogP contribution >= 0.6 is 11.8 Å². The topological polar surface area (TPSA) is 30.8 Å². The molecule has 0 saturated carbocycles. The monoisotopic (exact) mass is 297 g/mol. The van der Waals surface area contributed by atoms with Crippen LogP contribution in [-0.4, -0.2) is 17.8 Å². The molecule has 4 heteroatoms. The normalized spacial score (nSPS) is 19.7. The Bertz CT molecular complexity index is 726. The average Bonchev–Trinajstić information content (AvgIpc) is 2.90. The maximum absolute atomic E-state index is 5.64. The Morgan fingerprint density at radius 2 is 2.00 bits per heavy atom. The van der Waals surface area contributed by atoms with E-state index in [0.29, 0.717) is 12.0 Å². The molecule has 4 rings (SSSR count). The molecule has 3 nitrogen and oxygen atoms in total. The van der Waals surface area contributed by atoms with Gasteiger partial charge in [0.05, 0.1) is 11.4 Å². The molecule has 21 heavy (non-hydrogen) atoms. The van der Waals surface area contributed by atoms with E-state index in [2.05, 4.69) is 31.2 Å². The molecule has 0 aromatic heterocycles. The summed E-state index contributed by atoms with van der Waals surface area (Å²) in [5.41, 5.74) is 3.16. The molecule has 0 aliphatic carbocycles. The Labute approximate surface area is 128 Å². The summed E-state index contributed by atoms with van der Waals surface area (Å²) in [6.07, 6.45) is 0.916. The zero-order valence-electron chi connectivity index (χ0n) is 11.7. The van der Waals surface area contributed by atoms with Crippen LogP contribution in [-0.2, 0) is 0 Å². The first-order chi connectivity index (χ1) is 10.3. The molecular formula is C17H15NO2S. The zero-order valence-corrected chi connectivity index (χ0v) is 12.5. The maximum atomic E-state index is 5.64. The van der Waals surface area contributed by atoms with Gasteiger partial charge in [-0.1, -0.05) is 25.1 Å². The van der Waals surface area contributed by atoms with Crippen LogP contribution in [0.4, 0.5) is 5.69 Å². The smallest absolute Gasteiger partial charge is 0.231 e. The predicted molar refractivity (Wildman–Crippen MR) is 85.1 cm³/mol. The lowest BCUT2D eigenvalue weighted by Crippen LogP contribution is -2.08. The van der Waals surface area contributed by atoms with Crippen LogP contribution in [0.3, 0.4) is 0 Å². The van der Waals surface area contributed by atoms with Gasteiger partial charge in [-0.15, -0.1) is 11.8 Å². The van der Waals surface area contributed by atoms with E-state index in [4.69, 9.17) is 14.5 Å². The van der Waals surface area contributed by atoms with Crippen LogP contribution in [0.15, 0.2) is 52.4 Å². The minimum Gasteiger partial charge on any atom is -0.454 e. The van der Waals surface area contributed by atoms with Crippen molar-refractivity contribution in [3.05, 3.63) is 48.0 Å².